The third kappa shape index (κ3) is 5.28. The molecule has 0 radical (unpaired) electrons. The van der Waals surface area contributed by atoms with Crippen LogP contribution in [0.3, 0.4) is 0 Å². The van der Waals surface area contributed by atoms with Gasteiger partial charge in [-0.1, -0.05) is 12.1 Å². The summed E-state index contributed by atoms with van der Waals surface area (Å²) in [7, 11) is 3.19. The Balaban J connectivity index is 1.49. The number of fused-ring (bicyclic) bond motifs is 1. The van der Waals surface area contributed by atoms with Crippen LogP contribution in [0.1, 0.15) is 41.5 Å². The fourth-order valence-corrected chi connectivity index (χ4v) is 3.91. The maximum absolute atomic E-state index is 14.3. The minimum absolute atomic E-state index is 0.109. The Hall–Kier alpha value is -4.07. The maximum atomic E-state index is 14.3. The number of rotatable bonds is 9. The Morgan fingerprint density at radius 3 is 2.85 bits per heavy atom. The van der Waals surface area contributed by atoms with Crippen LogP contribution in [0.15, 0.2) is 60.9 Å². The van der Waals surface area contributed by atoms with Gasteiger partial charge in [0.05, 0.1) is 25.1 Å². The number of hydrogen-bond acceptors (Lipinski definition) is 5. The summed E-state index contributed by atoms with van der Waals surface area (Å²) in [5.41, 5.74) is 2.93. The number of ether oxygens (including phenoxy) is 1. The van der Waals surface area contributed by atoms with Crippen LogP contribution in [-0.4, -0.2) is 37.7 Å². The highest BCUT2D eigenvalue weighted by molar-refractivity contribution is 5.74. The number of aryl methyl sites for hydroxylation is 2. The zero-order valence-corrected chi connectivity index (χ0v) is 19.0. The van der Waals surface area contributed by atoms with Gasteiger partial charge in [0.25, 0.3) is 0 Å². The molecule has 1 aromatic carbocycles. The number of hydrogen-bond donors (Lipinski definition) is 1. The van der Waals surface area contributed by atoms with Crippen molar-refractivity contribution in [2.75, 3.05) is 7.11 Å². The van der Waals surface area contributed by atoms with Gasteiger partial charge in [0.15, 0.2) is 17.2 Å². The monoisotopic (exact) mass is 460 g/mol. The Morgan fingerprint density at radius 2 is 2.09 bits per heavy atom. The Bertz CT molecular complexity index is 1350. The number of imidazole rings is 1. The van der Waals surface area contributed by atoms with Crippen molar-refractivity contribution >= 4 is 23.1 Å². The van der Waals surface area contributed by atoms with E-state index in [9.17, 15) is 14.3 Å². The molecule has 174 valence electrons. The van der Waals surface area contributed by atoms with Gasteiger partial charge in [0.1, 0.15) is 5.82 Å². The van der Waals surface area contributed by atoms with Crippen LogP contribution in [-0.2, 0) is 18.3 Å². The van der Waals surface area contributed by atoms with Crippen LogP contribution in [0.2, 0.25) is 0 Å². The van der Waals surface area contributed by atoms with Crippen molar-refractivity contribution in [3.63, 3.8) is 0 Å². The molecular formula is C26H25FN4O3. The molecule has 8 heteroatoms. The van der Waals surface area contributed by atoms with Gasteiger partial charge in [-0.3, -0.25) is 4.79 Å². The molecular weight excluding hydrogens is 435 g/mol. The first-order valence-corrected chi connectivity index (χ1v) is 10.9. The zero-order valence-electron chi connectivity index (χ0n) is 19.0. The molecule has 0 aliphatic heterocycles. The number of aromatic nitrogens is 4. The summed E-state index contributed by atoms with van der Waals surface area (Å²) >= 11 is 0. The molecule has 3 heterocycles. The van der Waals surface area contributed by atoms with Crippen molar-refractivity contribution in [2.24, 2.45) is 7.05 Å². The van der Waals surface area contributed by atoms with E-state index >= 15 is 0 Å². The van der Waals surface area contributed by atoms with Crippen molar-refractivity contribution in [1.82, 2.24) is 19.5 Å². The third-order valence-corrected chi connectivity index (χ3v) is 5.58. The van der Waals surface area contributed by atoms with E-state index in [1.165, 1.54) is 19.2 Å². The maximum Gasteiger partial charge on any atom is 0.304 e. The van der Waals surface area contributed by atoms with E-state index in [-0.39, 0.29) is 12.2 Å². The van der Waals surface area contributed by atoms with Crippen LogP contribution in [0.4, 0.5) is 4.39 Å². The van der Waals surface area contributed by atoms with E-state index < -0.39 is 17.7 Å². The van der Waals surface area contributed by atoms with Gasteiger partial charge in [0, 0.05) is 30.5 Å². The zero-order chi connectivity index (χ0) is 24.1. The summed E-state index contributed by atoms with van der Waals surface area (Å²) in [4.78, 5) is 25.0. The number of carboxylic acids is 1. The van der Waals surface area contributed by atoms with Gasteiger partial charge in [0.2, 0.25) is 0 Å². The summed E-state index contributed by atoms with van der Waals surface area (Å²) in [5, 5.41) is 10.5. The van der Waals surface area contributed by atoms with Crippen LogP contribution in [0, 0.1) is 5.82 Å². The molecule has 1 atom stereocenters. The number of allylic oxidation sites excluding steroid dienone is 1. The minimum atomic E-state index is -0.987. The molecule has 0 aliphatic rings. The first kappa shape index (κ1) is 23.1. The van der Waals surface area contributed by atoms with Crippen LogP contribution >= 0.6 is 0 Å². The molecule has 3 aromatic heterocycles. The molecule has 0 saturated heterocycles. The lowest BCUT2D eigenvalue weighted by atomic mass is 9.94. The minimum Gasteiger partial charge on any atom is -0.494 e. The predicted octanol–water partition coefficient (Wildman–Crippen LogP) is 4.76. The Labute approximate surface area is 196 Å². The van der Waals surface area contributed by atoms with E-state index in [0.29, 0.717) is 17.1 Å². The summed E-state index contributed by atoms with van der Waals surface area (Å²) in [6.45, 7) is 0. The number of halogens is 1. The van der Waals surface area contributed by atoms with Crippen molar-refractivity contribution in [1.29, 1.82) is 0 Å². The first-order valence-electron chi connectivity index (χ1n) is 10.9. The number of carboxylic acid groups (broad SMARTS) is 1. The van der Waals surface area contributed by atoms with Gasteiger partial charge in [-0.2, -0.15) is 0 Å². The standard InChI is InChI=1S/C26H25FN4O3/c1-31-16-20(8-4-3-7-19-11-9-17-6-5-13-28-25(17)29-19)30-26(31)21(15-24(32)33)18-10-12-23(34-2)22(27)14-18/h4-6,8-14,16,21H,3,7,15H2,1-2H3,(H,32,33). The molecule has 0 saturated carbocycles. The lowest BCUT2D eigenvalue weighted by molar-refractivity contribution is -0.137. The van der Waals surface area contributed by atoms with Crippen molar-refractivity contribution in [3.8, 4) is 5.75 Å². The summed E-state index contributed by atoms with van der Waals surface area (Å²) in [5.74, 6) is -1.47. The molecule has 1 N–H and O–H groups in total. The second-order valence-electron chi connectivity index (χ2n) is 7.97. The highest BCUT2D eigenvalue weighted by Crippen LogP contribution is 2.30. The number of benzene rings is 1. The fraction of sp³-hybridized carbons (Fsp3) is 0.231. The van der Waals surface area contributed by atoms with E-state index in [4.69, 9.17) is 4.74 Å². The van der Waals surface area contributed by atoms with Crippen molar-refractivity contribution in [3.05, 3.63) is 89.5 Å². The smallest absolute Gasteiger partial charge is 0.304 e. The van der Waals surface area contributed by atoms with Crippen molar-refractivity contribution in [2.45, 2.75) is 25.2 Å². The quantitative estimate of drug-likeness (QED) is 0.387. The van der Waals surface area contributed by atoms with E-state index in [0.717, 1.165) is 29.6 Å². The third-order valence-electron chi connectivity index (χ3n) is 5.58. The van der Waals surface area contributed by atoms with Crippen LogP contribution in [0.25, 0.3) is 17.1 Å². The molecule has 7 nitrogen and oxygen atoms in total. The largest absolute Gasteiger partial charge is 0.494 e. The van der Waals surface area contributed by atoms with E-state index in [1.807, 2.05) is 42.6 Å². The number of methoxy groups -OCH3 is 1. The van der Waals surface area contributed by atoms with Gasteiger partial charge in [-0.05, 0) is 60.9 Å². The lowest BCUT2D eigenvalue weighted by Gasteiger charge is -2.16. The van der Waals surface area contributed by atoms with E-state index in [2.05, 4.69) is 15.0 Å². The highest BCUT2D eigenvalue weighted by atomic mass is 19.1. The number of pyridine rings is 2. The molecule has 1 unspecified atom stereocenters. The molecule has 0 aliphatic carbocycles. The molecule has 4 aromatic rings. The second kappa shape index (κ2) is 10.2. The molecule has 4 rings (SSSR count). The Kier molecular flexibility index (Phi) is 6.96. The molecule has 0 bridgehead atoms. The lowest BCUT2D eigenvalue weighted by Crippen LogP contribution is -2.13. The van der Waals surface area contributed by atoms with Crippen LogP contribution in [0.5, 0.6) is 5.75 Å². The van der Waals surface area contributed by atoms with Gasteiger partial charge in [-0.25, -0.2) is 19.3 Å². The Morgan fingerprint density at radius 1 is 1.24 bits per heavy atom. The molecule has 0 fully saturated rings. The predicted molar refractivity (Wildman–Crippen MR) is 127 cm³/mol. The number of aliphatic carboxylic acids is 1. The molecule has 0 amide bonds. The summed E-state index contributed by atoms with van der Waals surface area (Å²) in [6, 6.07) is 12.4. The average Bonchev–Trinajstić information content (AvgIpc) is 3.20. The average molecular weight is 461 g/mol. The highest BCUT2D eigenvalue weighted by Gasteiger charge is 2.23. The molecule has 0 spiro atoms. The summed E-state index contributed by atoms with van der Waals surface area (Å²) in [6.07, 6.45) is 8.79. The summed E-state index contributed by atoms with van der Waals surface area (Å²) < 4.78 is 21.0. The van der Waals surface area contributed by atoms with Crippen molar-refractivity contribution < 1.29 is 19.0 Å². The number of nitrogens with zero attached hydrogens (tertiary/aromatic N) is 4. The molecule has 34 heavy (non-hydrogen) atoms. The van der Waals surface area contributed by atoms with Gasteiger partial charge in [-0.15, -0.1) is 0 Å². The normalized spacial score (nSPS) is 12.3. The second-order valence-corrected chi connectivity index (χ2v) is 7.97. The van der Waals surface area contributed by atoms with Crippen LogP contribution < -0.4 is 4.74 Å². The SMILES string of the molecule is COc1ccc(C(CC(=O)O)c2nc(C=CCCc3ccc4cccnc4n3)cn2C)cc1F. The number of carbonyl (C=O) groups is 1. The first-order chi connectivity index (χ1) is 16.4. The fourth-order valence-electron chi connectivity index (χ4n) is 3.91. The van der Waals surface area contributed by atoms with Gasteiger partial charge >= 0.3 is 5.97 Å². The van der Waals surface area contributed by atoms with Gasteiger partial charge < -0.3 is 14.4 Å². The van der Waals surface area contributed by atoms with E-state index in [1.54, 1.807) is 23.9 Å². The topological polar surface area (TPSA) is 90.1 Å².